The second kappa shape index (κ2) is 10.7. The first-order chi connectivity index (χ1) is 23.8. The predicted octanol–water partition coefficient (Wildman–Crippen LogP) is 13.6. The summed E-state index contributed by atoms with van der Waals surface area (Å²) in [7, 11) is 0. The van der Waals surface area contributed by atoms with Gasteiger partial charge in [0.15, 0.2) is 0 Å². The predicted molar refractivity (Wildman–Crippen MR) is 208 cm³/mol. The lowest BCUT2D eigenvalue weighted by atomic mass is 9.87. The molecule has 0 nitrogen and oxygen atoms in total. The zero-order valence-electron chi connectivity index (χ0n) is 26.3. The van der Waals surface area contributed by atoms with E-state index in [4.69, 9.17) is 0 Å². The largest absolute Gasteiger partial charge is 0.0616 e. The number of hydrogen-bond acceptors (Lipinski definition) is 0. The smallest absolute Gasteiger partial charge is 0.00264 e. The van der Waals surface area contributed by atoms with Crippen LogP contribution >= 0.6 is 0 Å². The van der Waals surface area contributed by atoms with E-state index in [0.29, 0.717) is 0 Å². The Morgan fingerprint density at radius 2 is 0.729 bits per heavy atom. The van der Waals surface area contributed by atoms with Crippen LogP contribution in [0.3, 0.4) is 0 Å². The minimum atomic E-state index is 1.23. The number of hydrogen-bond donors (Lipinski definition) is 0. The van der Waals surface area contributed by atoms with Gasteiger partial charge in [0.05, 0.1) is 0 Å². The number of rotatable bonds is 3. The van der Waals surface area contributed by atoms with Gasteiger partial charge in [-0.25, -0.2) is 0 Å². The maximum absolute atomic E-state index is 2.41. The summed E-state index contributed by atoms with van der Waals surface area (Å²) in [5.74, 6) is 0. The molecule has 0 fully saturated rings. The van der Waals surface area contributed by atoms with E-state index in [-0.39, 0.29) is 0 Å². The van der Waals surface area contributed by atoms with Crippen LogP contribution in [0.25, 0.3) is 98.0 Å². The third kappa shape index (κ3) is 4.31. The highest BCUT2D eigenvalue weighted by molar-refractivity contribution is 6.16. The lowest BCUT2D eigenvalue weighted by Crippen LogP contribution is -1.89. The molecular weight excluding hydrogens is 577 g/mol. The summed E-state index contributed by atoms with van der Waals surface area (Å²) in [6.45, 7) is 0. The number of fused-ring (bicyclic) bond motifs is 7. The molecule has 10 aromatic rings. The monoisotopic (exact) mass is 606 g/mol. The van der Waals surface area contributed by atoms with E-state index in [2.05, 4.69) is 182 Å². The van der Waals surface area contributed by atoms with Gasteiger partial charge in [-0.3, -0.25) is 0 Å². The van der Waals surface area contributed by atoms with Crippen molar-refractivity contribution in [3.63, 3.8) is 0 Å². The lowest BCUT2D eigenvalue weighted by molar-refractivity contribution is 1.66. The van der Waals surface area contributed by atoms with Crippen LogP contribution in [0, 0.1) is 0 Å². The van der Waals surface area contributed by atoms with Crippen molar-refractivity contribution in [2.24, 2.45) is 0 Å². The van der Waals surface area contributed by atoms with Crippen molar-refractivity contribution < 1.29 is 0 Å². The van der Waals surface area contributed by atoms with E-state index in [1.807, 2.05) is 0 Å². The molecule has 0 heteroatoms. The average Bonchev–Trinajstić information content (AvgIpc) is 3.16. The van der Waals surface area contributed by atoms with Crippen molar-refractivity contribution in [1.82, 2.24) is 0 Å². The first-order valence-corrected chi connectivity index (χ1v) is 16.7. The Hall–Kier alpha value is -6.24. The molecule has 0 bridgehead atoms. The van der Waals surface area contributed by atoms with E-state index in [9.17, 15) is 0 Å². The third-order valence-corrected chi connectivity index (χ3v) is 10.2. The highest BCUT2D eigenvalue weighted by Crippen LogP contribution is 2.42. The maximum atomic E-state index is 2.41. The highest BCUT2D eigenvalue weighted by atomic mass is 14.2. The molecule has 0 aliphatic carbocycles. The fraction of sp³-hybridized carbons (Fsp3) is 0. The molecule has 10 rings (SSSR count). The van der Waals surface area contributed by atoms with Crippen molar-refractivity contribution in [3.8, 4) is 33.4 Å². The second-order valence-corrected chi connectivity index (χ2v) is 12.9. The molecule has 0 heterocycles. The second-order valence-electron chi connectivity index (χ2n) is 12.9. The van der Waals surface area contributed by atoms with Crippen LogP contribution in [0.5, 0.6) is 0 Å². The molecule has 0 aromatic heterocycles. The molecule has 10 aromatic carbocycles. The molecule has 0 saturated heterocycles. The summed E-state index contributed by atoms with van der Waals surface area (Å²) in [5.41, 5.74) is 7.49. The standard InChI is InChI=1S/C48H30/c1-2-11-34-27-40(21-16-31(34)8-1)48-46-25-23-36(35-22-24-45-37(26-35)18-17-33-10-4-6-14-43(33)45)28-41(46)29-38-19-20-39(30-47(38)48)44-15-7-12-32-9-3-5-13-42(32)44/h1-30H. The summed E-state index contributed by atoms with van der Waals surface area (Å²) in [4.78, 5) is 0. The molecule has 0 N–H and O–H groups in total. The van der Waals surface area contributed by atoms with Gasteiger partial charge in [0.1, 0.15) is 0 Å². The first-order valence-electron chi connectivity index (χ1n) is 16.7. The first kappa shape index (κ1) is 26.9. The van der Waals surface area contributed by atoms with Crippen LogP contribution < -0.4 is 0 Å². The van der Waals surface area contributed by atoms with Gasteiger partial charge in [-0.1, -0.05) is 152 Å². The molecule has 0 aliphatic heterocycles. The Kier molecular flexibility index (Phi) is 5.98. The van der Waals surface area contributed by atoms with E-state index in [0.717, 1.165) is 0 Å². The van der Waals surface area contributed by atoms with Crippen LogP contribution in [0.2, 0.25) is 0 Å². The van der Waals surface area contributed by atoms with Gasteiger partial charge in [0, 0.05) is 0 Å². The summed E-state index contributed by atoms with van der Waals surface area (Å²) in [6.07, 6.45) is 0. The van der Waals surface area contributed by atoms with E-state index in [1.54, 1.807) is 0 Å². The van der Waals surface area contributed by atoms with Gasteiger partial charge in [-0.05, 0) is 128 Å². The minimum absolute atomic E-state index is 1.23. The zero-order valence-corrected chi connectivity index (χ0v) is 26.3. The summed E-state index contributed by atoms with van der Waals surface area (Å²) in [6, 6.07) is 67.3. The third-order valence-electron chi connectivity index (χ3n) is 10.2. The van der Waals surface area contributed by atoms with Crippen molar-refractivity contribution in [3.05, 3.63) is 182 Å². The number of benzene rings is 10. The van der Waals surface area contributed by atoms with Gasteiger partial charge >= 0.3 is 0 Å². The molecule has 0 spiro atoms. The Labute approximate surface area is 279 Å². The lowest BCUT2D eigenvalue weighted by Gasteiger charge is -2.16. The Bertz CT molecular complexity index is 2890. The maximum Gasteiger partial charge on any atom is -0.00264 e. The van der Waals surface area contributed by atoms with Gasteiger partial charge < -0.3 is 0 Å². The highest BCUT2D eigenvalue weighted by Gasteiger charge is 2.14. The van der Waals surface area contributed by atoms with Crippen LogP contribution in [0.15, 0.2) is 182 Å². The van der Waals surface area contributed by atoms with Gasteiger partial charge in [0.25, 0.3) is 0 Å². The quantitative estimate of drug-likeness (QED) is 0.139. The van der Waals surface area contributed by atoms with E-state index < -0.39 is 0 Å². The topological polar surface area (TPSA) is 0 Å². The molecule has 0 unspecified atom stereocenters. The van der Waals surface area contributed by atoms with Gasteiger partial charge in [-0.15, -0.1) is 0 Å². The fourth-order valence-electron chi connectivity index (χ4n) is 7.79. The Balaban J connectivity index is 1.20. The van der Waals surface area contributed by atoms with Gasteiger partial charge in [-0.2, -0.15) is 0 Å². The SMILES string of the molecule is c1ccc2cc(-c3c4ccc(-c5ccc6c(ccc7ccccc76)c5)cc4cc4ccc(-c5cccc6ccccc56)cc34)ccc2c1. The molecular formula is C48H30. The molecule has 48 heavy (non-hydrogen) atoms. The molecule has 0 radical (unpaired) electrons. The zero-order chi connectivity index (χ0) is 31.6. The molecule has 0 atom stereocenters. The van der Waals surface area contributed by atoms with Crippen LogP contribution in [-0.4, -0.2) is 0 Å². The Morgan fingerprint density at radius 3 is 1.58 bits per heavy atom. The molecule has 0 aliphatic rings. The van der Waals surface area contributed by atoms with Gasteiger partial charge in [0.2, 0.25) is 0 Å². The Morgan fingerprint density at radius 1 is 0.208 bits per heavy atom. The van der Waals surface area contributed by atoms with Crippen LogP contribution in [0.1, 0.15) is 0 Å². The molecule has 0 saturated carbocycles. The van der Waals surface area contributed by atoms with Crippen LogP contribution in [0.4, 0.5) is 0 Å². The van der Waals surface area contributed by atoms with Crippen molar-refractivity contribution in [2.45, 2.75) is 0 Å². The van der Waals surface area contributed by atoms with Crippen molar-refractivity contribution in [2.75, 3.05) is 0 Å². The molecule has 0 amide bonds. The summed E-state index contributed by atoms with van der Waals surface area (Å²) >= 11 is 0. The van der Waals surface area contributed by atoms with Crippen molar-refractivity contribution in [1.29, 1.82) is 0 Å². The van der Waals surface area contributed by atoms with E-state index in [1.165, 1.54) is 98.0 Å². The summed E-state index contributed by atoms with van der Waals surface area (Å²) in [5, 5.41) is 15.2. The average molecular weight is 607 g/mol. The van der Waals surface area contributed by atoms with Crippen LogP contribution in [-0.2, 0) is 0 Å². The minimum Gasteiger partial charge on any atom is -0.0616 e. The van der Waals surface area contributed by atoms with E-state index >= 15 is 0 Å². The molecule has 222 valence electrons. The normalized spacial score (nSPS) is 11.8. The summed E-state index contributed by atoms with van der Waals surface area (Å²) < 4.78 is 0. The fourth-order valence-corrected chi connectivity index (χ4v) is 7.79. The van der Waals surface area contributed by atoms with Crippen molar-refractivity contribution >= 4 is 64.6 Å².